The van der Waals surface area contributed by atoms with E-state index in [1.807, 2.05) is 6.07 Å². The molecule has 0 atom stereocenters. The highest BCUT2D eigenvalue weighted by Crippen LogP contribution is 2.51. The minimum Gasteiger partial charge on any atom is -0.477 e. The molecule has 1 aromatic rings. The maximum Gasteiger partial charge on any atom is 0.354 e. The maximum atomic E-state index is 10.8. The van der Waals surface area contributed by atoms with Crippen molar-refractivity contribution in [3.05, 3.63) is 24.0 Å². The number of hydrogen-bond donors (Lipinski definition) is 2. The lowest BCUT2D eigenvalue weighted by Crippen LogP contribution is -2.21. The van der Waals surface area contributed by atoms with Crippen LogP contribution in [0.1, 0.15) is 37.2 Å². The Morgan fingerprint density at radius 3 is 2.82 bits per heavy atom. The fraction of sp³-hybridized carbons (Fsp3) is 0.538. The first-order chi connectivity index (χ1) is 8.03. The molecule has 0 saturated heterocycles. The van der Waals surface area contributed by atoms with E-state index in [-0.39, 0.29) is 5.69 Å². The van der Waals surface area contributed by atoms with Gasteiger partial charge in [-0.05, 0) is 36.3 Å². The smallest absolute Gasteiger partial charge is 0.354 e. The summed E-state index contributed by atoms with van der Waals surface area (Å²) < 4.78 is 0. The summed E-state index contributed by atoms with van der Waals surface area (Å²) in [4.78, 5) is 14.6. The Balaban J connectivity index is 2.00. The molecule has 0 spiro atoms. The molecule has 0 bridgehead atoms. The largest absolute Gasteiger partial charge is 0.477 e. The van der Waals surface area contributed by atoms with Gasteiger partial charge in [-0.15, -0.1) is 0 Å². The van der Waals surface area contributed by atoms with Gasteiger partial charge in [-0.2, -0.15) is 0 Å². The van der Waals surface area contributed by atoms with E-state index in [0.29, 0.717) is 11.3 Å². The number of nitrogens with zero attached hydrogens (tertiary/aromatic N) is 1. The Kier molecular flexibility index (Phi) is 3.05. The van der Waals surface area contributed by atoms with Crippen LogP contribution in [0.2, 0.25) is 0 Å². The minimum absolute atomic E-state index is 0.0874. The molecule has 0 aromatic carbocycles. The third-order valence-electron chi connectivity index (χ3n) is 3.74. The topological polar surface area (TPSA) is 62.2 Å². The van der Waals surface area contributed by atoms with Crippen LogP contribution in [0, 0.1) is 11.3 Å². The van der Waals surface area contributed by atoms with Crippen molar-refractivity contribution in [2.24, 2.45) is 11.3 Å². The van der Waals surface area contributed by atoms with Gasteiger partial charge in [0, 0.05) is 18.4 Å². The van der Waals surface area contributed by atoms with Crippen LogP contribution in [-0.4, -0.2) is 22.6 Å². The van der Waals surface area contributed by atoms with Gasteiger partial charge >= 0.3 is 5.97 Å². The molecule has 2 N–H and O–H groups in total. The zero-order valence-corrected chi connectivity index (χ0v) is 10.2. The van der Waals surface area contributed by atoms with Crippen LogP contribution in [-0.2, 0) is 0 Å². The van der Waals surface area contributed by atoms with Crippen molar-refractivity contribution in [1.82, 2.24) is 4.98 Å². The predicted octanol–water partition coefficient (Wildman–Crippen LogP) is 2.63. The van der Waals surface area contributed by atoms with Gasteiger partial charge in [0.15, 0.2) is 0 Å². The first-order valence-electron chi connectivity index (χ1n) is 5.97. The number of anilines is 1. The van der Waals surface area contributed by atoms with E-state index in [9.17, 15) is 4.79 Å². The Morgan fingerprint density at radius 1 is 1.59 bits per heavy atom. The third-order valence-corrected chi connectivity index (χ3v) is 3.74. The second-order valence-corrected chi connectivity index (χ2v) is 5.11. The lowest BCUT2D eigenvalue weighted by Gasteiger charge is -2.20. The monoisotopic (exact) mass is 234 g/mol. The molecular weight excluding hydrogens is 216 g/mol. The van der Waals surface area contributed by atoms with Gasteiger partial charge < -0.3 is 10.4 Å². The van der Waals surface area contributed by atoms with Crippen molar-refractivity contribution in [2.75, 3.05) is 11.9 Å². The van der Waals surface area contributed by atoms with Crippen molar-refractivity contribution >= 4 is 11.7 Å². The van der Waals surface area contributed by atoms with Gasteiger partial charge in [-0.3, -0.25) is 0 Å². The van der Waals surface area contributed by atoms with Crippen LogP contribution in [0.15, 0.2) is 18.3 Å². The second kappa shape index (κ2) is 4.35. The molecule has 0 unspecified atom stereocenters. The van der Waals surface area contributed by atoms with Crippen LogP contribution in [0.4, 0.5) is 5.69 Å². The second-order valence-electron chi connectivity index (χ2n) is 5.11. The Labute approximate surface area is 101 Å². The van der Waals surface area contributed by atoms with Crippen LogP contribution in [0.3, 0.4) is 0 Å². The molecule has 1 fully saturated rings. The fourth-order valence-electron chi connectivity index (χ4n) is 2.05. The summed E-state index contributed by atoms with van der Waals surface area (Å²) in [5.41, 5.74) is 1.33. The number of nitrogens with one attached hydrogen (secondary N) is 1. The summed E-state index contributed by atoms with van der Waals surface area (Å²) in [6, 6.07) is 3.39. The molecule has 0 aliphatic heterocycles. The first-order valence-corrected chi connectivity index (χ1v) is 5.97. The number of carboxylic acid groups (broad SMARTS) is 1. The van der Waals surface area contributed by atoms with Crippen molar-refractivity contribution < 1.29 is 9.90 Å². The van der Waals surface area contributed by atoms with E-state index in [1.54, 1.807) is 6.07 Å². The molecule has 1 aliphatic carbocycles. The van der Waals surface area contributed by atoms with E-state index in [4.69, 9.17) is 5.11 Å². The number of pyridine rings is 1. The highest BCUT2D eigenvalue weighted by molar-refractivity contribution is 5.86. The average Bonchev–Trinajstić information content (AvgIpc) is 3.08. The molecule has 0 radical (unpaired) electrons. The standard InChI is InChI=1S/C13H18N2O2/c1-9(2)13(4-5-13)8-15-10-3-6-14-11(7-10)12(16)17/h3,6-7,9H,4-5,8H2,1-2H3,(H,14,15)(H,16,17). The lowest BCUT2D eigenvalue weighted by molar-refractivity contribution is 0.0690. The summed E-state index contributed by atoms with van der Waals surface area (Å²) >= 11 is 0. The summed E-state index contributed by atoms with van der Waals surface area (Å²) in [5, 5.41) is 12.2. The van der Waals surface area contributed by atoms with Crippen molar-refractivity contribution in [2.45, 2.75) is 26.7 Å². The highest BCUT2D eigenvalue weighted by Gasteiger charge is 2.44. The number of carboxylic acids is 1. The SMILES string of the molecule is CC(C)C1(CNc2ccnc(C(=O)O)c2)CC1. The van der Waals surface area contributed by atoms with E-state index in [1.165, 1.54) is 19.0 Å². The third kappa shape index (κ3) is 2.57. The van der Waals surface area contributed by atoms with Crippen LogP contribution in [0.25, 0.3) is 0 Å². The molecule has 0 amide bonds. The molecule has 1 aliphatic rings. The molecular formula is C13H18N2O2. The normalized spacial score (nSPS) is 16.9. The number of rotatable bonds is 5. The number of carbonyl (C=O) groups is 1. The quantitative estimate of drug-likeness (QED) is 0.822. The Bertz CT molecular complexity index is 425. The molecule has 1 aromatic heterocycles. The van der Waals surface area contributed by atoms with Gasteiger partial charge in [0.05, 0.1) is 0 Å². The molecule has 4 heteroatoms. The molecule has 2 rings (SSSR count). The van der Waals surface area contributed by atoms with Gasteiger partial charge in [-0.1, -0.05) is 13.8 Å². The van der Waals surface area contributed by atoms with Gasteiger partial charge in [0.25, 0.3) is 0 Å². The molecule has 1 saturated carbocycles. The van der Waals surface area contributed by atoms with Crippen molar-refractivity contribution in [3.63, 3.8) is 0 Å². The molecule has 4 nitrogen and oxygen atoms in total. The van der Waals surface area contributed by atoms with Crippen LogP contribution >= 0.6 is 0 Å². The van der Waals surface area contributed by atoms with E-state index >= 15 is 0 Å². The van der Waals surface area contributed by atoms with Crippen molar-refractivity contribution in [1.29, 1.82) is 0 Å². The van der Waals surface area contributed by atoms with Gasteiger partial charge in [-0.25, -0.2) is 9.78 Å². The summed E-state index contributed by atoms with van der Waals surface area (Å²) in [7, 11) is 0. The van der Waals surface area contributed by atoms with Crippen LogP contribution < -0.4 is 5.32 Å². The fourth-order valence-corrected chi connectivity index (χ4v) is 2.05. The molecule has 92 valence electrons. The van der Waals surface area contributed by atoms with E-state index < -0.39 is 5.97 Å². The molecule has 1 heterocycles. The Morgan fingerprint density at radius 2 is 2.29 bits per heavy atom. The molecule has 17 heavy (non-hydrogen) atoms. The van der Waals surface area contributed by atoms with Gasteiger partial charge in [0.1, 0.15) is 5.69 Å². The average molecular weight is 234 g/mol. The number of hydrogen-bond acceptors (Lipinski definition) is 3. The Hall–Kier alpha value is -1.58. The maximum absolute atomic E-state index is 10.8. The summed E-state index contributed by atoms with van der Waals surface area (Å²) in [5.74, 6) is -0.325. The number of aromatic nitrogens is 1. The zero-order valence-electron chi connectivity index (χ0n) is 10.2. The van der Waals surface area contributed by atoms with Gasteiger partial charge in [0.2, 0.25) is 0 Å². The summed E-state index contributed by atoms with van der Waals surface area (Å²) in [6.07, 6.45) is 4.05. The first kappa shape index (κ1) is 11.9. The van der Waals surface area contributed by atoms with Crippen molar-refractivity contribution in [3.8, 4) is 0 Å². The zero-order chi connectivity index (χ0) is 12.5. The number of aromatic carboxylic acids is 1. The minimum atomic E-state index is -0.987. The summed E-state index contributed by atoms with van der Waals surface area (Å²) in [6.45, 7) is 5.39. The van der Waals surface area contributed by atoms with E-state index in [0.717, 1.165) is 12.2 Å². The predicted molar refractivity (Wildman–Crippen MR) is 66.2 cm³/mol. The van der Waals surface area contributed by atoms with Crippen LogP contribution in [0.5, 0.6) is 0 Å². The highest BCUT2D eigenvalue weighted by atomic mass is 16.4. The van der Waals surface area contributed by atoms with E-state index in [2.05, 4.69) is 24.1 Å². The lowest BCUT2D eigenvalue weighted by atomic mass is 9.92.